The number of nitrogens with zero attached hydrogens (tertiary/aromatic N) is 1. The molecule has 3 aromatic rings. The minimum atomic E-state index is -0.102. The summed E-state index contributed by atoms with van der Waals surface area (Å²) in [6.45, 7) is 0.756. The van der Waals surface area contributed by atoms with Crippen molar-refractivity contribution in [2.24, 2.45) is 0 Å². The van der Waals surface area contributed by atoms with E-state index in [-0.39, 0.29) is 5.78 Å². The largest absolute Gasteiger partial charge is 0.496 e. The standard InChI is InChI=1S/C26H27NO3/c1-27(2)18-22-16-19(11-14-25(22)29-3)10-13-24(28)23-17-21(12-15-26(23)30-4)20-8-6-5-7-9-20/h5-17H,18H2,1-4H3. The highest BCUT2D eigenvalue weighted by molar-refractivity contribution is 6.09. The second kappa shape index (κ2) is 9.90. The van der Waals surface area contributed by atoms with Crippen LogP contribution >= 0.6 is 0 Å². The second-order valence-corrected chi connectivity index (χ2v) is 7.29. The third-order valence-electron chi connectivity index (χ3n) is 4.79. The molecule has 0 unspecified atom stereocenters. The van der Waals surface area contributed by atoms with Gasteiger partial charge in [0.15, 0.2) is 5.78 Å². The van der Waals surface area contributed by atoms with E-state index in [2.05, 4.69) is 4.90 Å². The molecule has 0 bridgehead atoms. The first-order valence-electron chi connectivity index (χ1n) is 9.79. The molecule has 3 aromatic carbocycles. The Labute approximate surface area is 178 Å². The Balaban J connectivity index is 1.89. The molecule has 4 heteroatoms. The van der Waals surface area contributed by atoms with Gasteiger partial charge in [0, 0.05) is 12.1 Å². The Hall–Kier alpha value is -3.37. The van der Waals surface area contributed by atoms with E-state index in [9.17, 15) is 4.79 Å². The van der Waals surface area contributed by atoms with Crippen molar-refractivity contribution in [3.05, 3.63) is 89.5 Å². The van der Waals surface area contributed by atoms with E-state index in [1.165, 1.54) is 0 Å². The number of ether oxygens (including phenoxy) is 2. The predicted octanol–water partition coefficient (Wildman–Crippen LogP) is 5.33. The predicted molar refractivity (Wildman–Crippen MR) is 122 cm³/mol. The molecular weight excluding hydrogens is 374 g/mol. The van der Waals surface area contributed by atoms with Crippen LogP contribution in [0.1, 0.15) is 21.5 Å². The molecule has 0 radical (unpaired) electrons. The SMILES string of the molecule is COc1ccc(C=CC(=O)c2cc(-c3ccccc3)ccc2OC)cc1CN(C)C. The van der Waals surface area contributed by atoms with Crippen LogP contribution in [0.4, 0.5) is 0 Å². The molecule has 3 rings (SSSR count). The Morgan fingerprint density at radius 2 is 1.57 bits per heavy atom. The fourth-order valence-corrected chi connectivity index (χ4v) is 3.34. The lowest BCUT2D eigenvalue weighted by molar-refractivity contribution is 0.104. The Morgan fingerprint density at radius 3 is 2.23 bits per heavy atom. The van der Waals surface area contributed by atoms with E-state index in [0.29, 0.717) is 11.3 Å². The smallest absolute Gasteiger partial charge is 0.189 e. The Kier molecular flexibility index (Phi) is 7.04. The number of hydrogen-bond acceptors (Lipinski definition) is 4. The number of carbonyl (C=O) groups is 1. The van der Waals surface area contributed by atoms with Crippen molar-refractivity contribution in [2.75, 3.05) is 28.3 Å². The quantitative estimate of drug-likeness (QED) is 0.378. The van der Waals surface area contributed by atoms with Crippen molar-refractivity contribution in [1.82, 2.24) is 4.90 Å². The molecule has 0 saturated carbocycles. The van der Waals surface area contributed by atoms with Crippen LogP contribution in [-0.4, -0.2) is 39.0 Å². The number of methoxy groups -OCH3 is 2. The van der Waals surface area contributed by atoms with Crippen LogP contribution in [0.25, 0.3) is 17.2 Å². The van der Waals surface area contributed by atoms with Crippen LogP contribution in [0, 0.1) is 0 Å². The lowest BCUT2D eigenvalue weighted by atomic mass is 9.99. The van der Waals surface area contributed by atoms with Gasteiger partial charge in [0.1, 0.15) is 11.5 Å². The second-order valence-electron chi connectivity index (χ2n) is 7.29. The van der Waals surface area contributed by atoms with Gasteiger partial charge in [0.25, 0.3) is 0 Å². The van der Waals surface area contributed by atoms with Crippen LogP contribution < -0.4 is 9.47 Å². The molecule has 30 heavy (non-hydrogen) atoms. The van der Waals surface area contributed by atoms with E-state index in [4.69, 9.17) is 9.47 Å². The van der Waals surface area contributed by atoms with Crippen molar-refractivity contribution in [3.63, 3.8) is 0 Å². The van der Waals surface area contributed by atoms with Crippen LogP contribution in [0.15, 0.2) is 72.8 Å². The normalized spacial score (nSPS) is 11.1. The molecule has 0 atom stereocenters. The van der Waals surface area contributed by atoms with E-state index >= 15 is 0 Å². The fourth-order valence-electron chi connectivity index (χ4n) is 3.34. The number of carbonyl (C=O) groups excluding carboxylic acids is 1. The monoisotopic (exact) mass is 401 g/mol. The molecule has 0 amide bonds. The van der Waals surface area contributed by atoms with Crippen molar-refractivity contribution >= 4 is 11.9 Å². The molecule has 0 fully saturated rings. The average molecular weight is 402 g/mol. The van der Waals surface area contributed by atoms with Gasteiger partial charge >= 0.3 is 0 Å². The maximum atomic E-state index is 13.0. The number of benzene rings is 3. The summed E-state index contributed by atoms with van der Waals surface area (Å²) >= 11 is 0. The summed E-state index contributed by atoms with van der Waals surface area (Å²) < 4.78 is 10.9. The van der Waals surface area contributed by atoms with E-state index in [0.717, 1.165) is 34.5 Å². The van der Waals surface area contributed by atoms with Gasteiger partial charge in [-0.3, -0.25) is 4.79 Å². The topological polar surface area (TPSA) is 38.8 Å². The van der Waals surface area contributed by atoms with Gasteiger partial charge in [0.05, 0.1) is 19.8 Å². The number of ketones is 1. The summed E-state index contributed by atoms with van der Waals surface area (Å²) in [5.74, 6) is 1.30. The lowest BCUT2D eigenvalue weighted by Gasteiger charge is -2.14. The van der Waals surface area contributed by atoms with Gasteiger partial charge in [-0.15, -0.1) is 0 Å². The van der Waals surface area contributed by atoms with Crippen molar-refractivity contribution in [3.8, 4) is 22.6 Å². The van der Waals surface area contributed by atoms with Gasteiger partial charge in [-0.1, -0.05) is 48.5 Å². The van der Waals surface area contributed by atoms with Gasteiger partial charge in [-0.05, 0) is 61.1 Å². The highest BCUT2D eigenvalue weighted by Crippen LogP contribution is 2.28. The number of hydrogen-bond donors (Lipinski definition) is 0. The molecule has 0 aliphatic rings. The van der Waals surface area contributed by atoms with Crippen molar-refractivity contribution in [1.29, 1.82) is 0 Å². The van der Waals surface area contributed by atoms with Crippen LogP contribution in [0.3, 0.4) is 0 Å². The van der Waals surface area contributed by atoms with Gasteiger partial charge < -0.3 is 14.4 Å². The third kappa shape index (κ3) is 5.16. The molecule has 0 N–H and O–H groups in total. The van der Waals surface area contributed by atoms with E-state index < -0.39 is 0 Å². The first kappa shape index (κ1) is 21.3. The molecule has 0 spiro atoms. The molecule has 0 heterocycles. The number of allylic oxidation sites excluding steroid dienone is 1. The van der Waals surface area contributed by atoms with Gasteiger partial charge in [-0.25, -0.2) is 0 Å². The minimum absolute atomic E-state index is 0.102. The molecule has 0 aliphatic heterocycles. The highest BCUT2D eigenvalue weighted by atomic mass is 16.5. The maximum absolute atomic E-state index is 13.0. The molecule has 154 valence electrons. The third-order valence-corrected chi connectivity index (χ3v) is 4.79. The van der Waals surface area contributed by atoms with Crippen LogP contribution in [0.5, 0.6) is 11.5 Å². The fraction of sp³-hybridized carbons (Fsp3) is 0.192. The molecule has 0 saturated heterocycles. The molecular formula is C26H27NO3. The van der Waals surface area contributed by atoms with E-state index in [1.807, 2.05) is 86.9 Å². The maximum Gasteiger partial charge on any atom is 0.189 e. The summed E-state index contributed by atoms with van der Waals surface area (Å²) in [6, 6.07) is 21.6. The molecule has 0 aliphatic carbocycles. The zero-order valence-electron chi connectivity index (χ0n) is 17.9. The number of rotatable bonds is 8. The van der Waals surface area contributed by atoms with Crippen molar-refractivity contribution in [2.45, 2.75) is 6.54 Å². The minimum Gasteiger partial charge on any atom is -0.496 e. The van der Waals surface area contributed by atoms with Crippen LogP contribution in [-0.2, 0) is 6.54 Å². The summed E-state index contributed by atoms with van der Waals surface area (Å²) in [5, 5.41) is 0. The van der Waals surface area contributed by atoms with Gasteiger partial charge in [0.2, 0.25) is 0 Å². The van der Waals surface area contributed by atoms with E-state index in [1.54, 1.807) is 20.3 Å². The summed E-state index contributed by atoms with van der Waals surface area (Å²) in [6.07, 6.45) is 3.42. The molecule has 0 aromatic heterocycles. The summed E-state index contributed by atoms with van der Waals surface area (Å²) in [5.41, 5.74) is 4.59. The average Bonchev–Trinajstić information content (AvgIpc) is 2.77. The lowest BCUT2D eigenvalue weighted by Crippen LogP contribution is -2.11. The Bertz CT molecular complexity index is 1040. The zero-order valence-corrected chi connectivity index (χ0v) is 17.9. The first-order valence-corrected chi connectivity index (χ1v) is 9.79. The first-order chi connectivity index (χ1) is 14.5. The molecule has 4 nitrogen and oxygen atoms in total. The highest BCUT2D eigenvalue weighted by Gasteiger charge is 2.12. The summed E-state index contributed by atoms with van der Waals surface area (Å²) in [7, 11) is 7.27. The van der Waals surface area contributed by atoms with Gasteiger partial charge in [-0.2, -0.15) is 0 Å². The van der Waals surface area contributed by atoms with Crippen LogP contribution in [0.2, 0.25) is 0 Å². The van der Waals surface area contributed by atoms with Crippen molar-refractivity contribution < 1.29 is 14.3 Å². The summed E-state index contributed by atoms with van der Waals surface area (Å²) in [4.78, 5) is 15.0. The Morgan fingerprint density at radius 1 is 0.867 bits per heavy atom. The zero-order chi connectivity index (χ0) is 21.5.